The molecular weight excluding hydrogens is 421 g/mol. The van der Waals surface area contributed by atoms with Crippen molar-refractivity contribution in [1.29, 1.82) is 0 Å². The number of carbonyl (C=O) groups is 2. The van der Waals surface area contributed by atoms with Gasteiger partial charge in [0.25, 0.3) is 0 Å². The summed E-state index contributed by atoms with van der Waals surface area (Å²) in [6.45, 7) is -0.147. The molecule has 33 heavy (non-hydrogen) atoms. The van der Waals surface area contributed by atoms with E-state index in [-0.39, 0.29) is 19.1 Å². The second kappa shape index (κ2) is 10.0. The summed E-state index contributed by atoms with van der Waals surface area (Å²) in [5.41, 5.74) is 7.71. The number of nitrogens with one attached hydrogen (secondary N) is 1. The van der Waals surface area contributed by atoms with E-state index in [2.05, 4.69) is 10.3 Å². The first-order valence-electron chi connectivity index (χ1n) is 10.4. The third-order valence-corrected chi connectivity index (χ3v) is 5.22. The monoisotopic (exact) mass is 443 g/mol. The Hall–Kier alpha value is -4.10. The van der Waals surface area contributed by atoms with Gasteiger partial charge in [0.05, 0.1) is 11.5 Å². The Morgan fingerprint density at radius 1 is 1.00 bits per heavy atom. The van der Waals surface area contributed by atoms with Crippen molar-refractivity contribution >= 4 is 28.3 Å². The minimum atomic E-state index is -0.780. The molecule has 1 aromatic heterocycles. The molecule has 6 nitrogen and oxygen atoms in total. The number of nitrogens with two attached hydrogens (primary N) is 1. The van der Waals surface area contributed by atoms with Crippen molar-refractivity contribution in [2.45, 2.75) is 12.5 Å². The van der Waals surface area contributed by atoms with Gasteiger partial charge < -0.3 is 15.8 Å². The highest BCUT2D eigenvalue weighted by molar-refractivity contribution is 5.98. The predicted octanol–water partition coefficient (Wildman–Crippen LogP) is 4.41. The molecule has 4 aromatic rings. The van der Waals surface area contributed by atoms with Gasteiger partial charge in [-0.05, 0) is 59.0 Å². The van der Waals surface area contributed by atoms with Crippen LogP contribution in [0.25, 0.3) is 10.8 Å². The number of esters is 1. The highest BCUT2D eigenvalue weighted by atomic mass is 19.1. The average Bonchev–Trinajstić information content (AvgIpc) is 2.83. The van der Waals surface area contributed by atoms with Crippen molar-refractivity contribution in [3.8, 4) is 0 Å². The molecule has 1 atom stereocenters. The van der Waals surface area contributed by atoms with Gasteiger partial charge in [-0.15, -0.1) is 0 Å². The first-order chi connectivity index (χ1) is 16.0. The fourth-order valence-electron chi connectivity index (χ4n) is 3.55. The third-order valence-electron chi connectivity index (χ3n) is 5.22. The van der Waals surface area contributed by atoms with Crippen LogP contribution in [-0.4, -0.2) is 23.4 Å². The highest BCUT2D eigenvalue weighted by Gasteiger charge is 2.21. The summed E-state index contributed by atoms with van der Waals surface area (Å²) >= 11 is 0. The number of rotatable bonds is 7. The van der Waals surface area contributed by atoms with E-state index in [1.165, 1.54) is 12.1 Å². The van der Waals surface area contributed by atoms with Gasteiger partial charge in [-0.25, -0.2) is 9.18 Å². The number of anilines is 1. The maximum Gasteiger partial charge on any atom is 0.338 e. The molecule has 1 amide bonds. The molecule has 4 rings (SSSR count). The van der Waals surface area contributed by atoms with E-state index < -0.39 is 17.7 Å². The van der Waals surface area contributed by atoms with Crippen LogP contribution in [0.15, 0.2) is 85.2 Å². The van der Waals surface area contributed by atoms with Gasteiger partial charge in [0.2, 0.25) is 5.91 Å². The minimum Gasteiger partial charge on any atom is -0.457 e. The van der Waals surface area contributed by atoms with Crippen molar-refractivity contribution in [2.24, 2.45) is 5.73 Å². The Kier molecular flexibility index (Phi) is 6.71. The molecular formula is C26H22FN3O3. The quantitative estimate of drug-likeness (QED) is 0.413. The summed E-state index contributed by atoms with van der Waals surface area (Å²) in [5, 5.41) is 4.73. The van der Waals surface area contributed by atoms with Crippen LogP contribution >= 0.6 is 0 Å². The second-order valence-electron chi connectivity index (χ2n) is 7.55. The molecule has 0 aliphatic carbocycles. The number of ether oxygens (including phenoxy) is 1. The third kappa shape index (κ3) is 5.39. The van der Waals surface area contributed by atoms with Crippen molar-refractivity contribution < 1.29 is 18.7 Å². The van der Waals surface area contributed by atoms with Gasteiger partial charge in [0.1, 0.15) is 12.4 Å². The number of carbonyl (C=O) groups excluding carboxylic acids is 2. The second-order valence-corrected chi connectivity index (χ2v) is 7.55. The van der Waals surface area contributed by atoms with Gasteiger partial charge in [-0.2, -0.15) is 0 Å². The normalized spacial score (nSPS) is 11.7. The molecule has 0 saturated heterocycles. The molecule has 1 unspecified atom stereocenters. The summed E-state index contributed by atoms with van der Waals surface area (Å²) in [6.07, 6.45) is 3.41. The Labute approximate surface area is 190 Å². The molecule has 0 saturated carbocycles. The van der Waals surface area contributed by atoms with Crippen LogP contribution in [0.4, 0.5) is 10.1 Å². The van der Waals surface area contributed by atoms with Gasteiger partial charge in [0.15, 0.2) is 0 Å². The molecule has 1 heterocycles. The van der Waals surface area contributed by atoms with Crippen molar-refractivity contribution in [3.05, 3.63) is 108 Å². The number of aromatic nitrogens is 1. The number of nitrogens with zero attached hydrogens (tertiary/aromatic N) is 1. The number of hydrogen-bond acceptors (Lipinski definition) is 5. The van der Waals surface area contributed by atoms with Gasteiger partial charge in [-0.3, -0.25) is 9.78 Å². The Morgan fingerprint density at radius 2 is 1.82 bits per heavy atom. The lowest BCUT2D eigenvalue weighted by molar-refractivity contribution is -0.117. The van der Waals surface area contributed by atoms with Crippen LogP contribution in [0.3, 0.4) is 0 Å². The van der Waals surface area contributed by atoms with E-state index in [1.807, 2.05) is 18.2 Å². The SMILES string of the molecule is NCC(C(=O)Nc1ccc2cnccc2c1)c1cc(F)cc(COC(=O)c2ccccc2)c1. The largest absolute Gasteiger partial charge is 0.457 e. The Morgan fingerprint density at radius 3 is 2.61 bits per heavy atom. The molecule has 0 fully saturated rings. The Balaban J connectivity index is 1.49. The topological polar surface area (TPSA) is 94.3 Å². The van der Waals surface area contributed by atoms with E-state index in [1.54, 1.807) is 54.9 Å². The first kappa shape index (κ1) is 22.1. The Bertz CT molecular complexity index is 1290. The number of amides is 1. The predicted molar refractivity (Wildman–Crippen MR) is 124 cm³/mol. The summed E-state index contributed by atoms with van der Waals surface area (Å²) in [5.74, 6) is -2.19. The first-order valence-corrected chi connectivity index (χ1v) is 10.4. The summed E-state index contributed by atoms with van der Waals surface area (Å²) in [6, 6.07) is 20.0. The zero-order valence-corrected chi connectivity index (χ0v) is 17.7. The number of hydrogen-bond donors (Lipinski definition) is 2. The maximum atomic E-state index is 14.3. The summed E-state index contributed by atoms with van der Waals surface area (Å²) in [7, 11) is 0. The fourth-order valence-corrected chi connectivity index (χ4v) is 3.55. The zero-order valence-electron chi connectivity index (χ0n) is 17.7. The van der Waals surface area contributed by atoms with E-state index in [0.717, 1.165) is 10.8 Å². The van der Waals surface area contributed by atoms with Crippen molar-refractivity contribution in [1.82, 2.24) is 4.98 Å². The number of benzene rings is 3. The average molecular weight is 443 g/mol. The zero-order chi connectivity index (χ0) is 23.2. The molecule has 0 bridgehead atoms. The van der Waals surface area contributed by atoms with E-state index in [0.29, 0.717) is 22.4 Å². The lowest BCUT2D eigenvalue weighted by Crippen LogP contribution is -2.27. The maximum absolute atomic E-state index is 14.3. The molecule has 7 heteroatoms. The molecule has 166 valence electrons. The standard InChI is InChI=1S/C26H22FN3O3/c27-22-11-17(16-33-26(32)18-4-2-1-3-5-18)10-21(12-22)24(14-28)25(31)30-23-7-6-20-15-29-9-8-19(20)13-23/h1-13,15,24H,14,16,28H2,(H,30,31). The molecule has 3 N–H and O–H groups in total. The van der Waals surface area contributed by atoms with Gasteiger partial charge in [0, 0.05) is 30.0 Å². The fraction of sp³-hybridized carbons (Fsp3) is 0.115. The summed E-state index contributed by atoms with van der Waals surface area (Å²) < 4.78 is 19.6. The lowest BCUT2D eigenvalue weighted by Gasteiger charge is -2.17. The number of fused-ring (bicyclic) bond motifs is 1. The molecule has 0 aliphatic heterocycles. The van der Waals surface area contributed by atoms with Crippen LogP contribution in [0, 0.1) is 5.82 Å². The molecule has 3 aromatic carbocycles. The van der Waals surface area contributed by atoms with Crippen LogP contribution in [0.2, 0.25) is 0 Å². The van der Waals surface area contributed by atoms with Gasteiger partial charge >= 0.3 is 5.97 Å². The van der Waals surface area contributed by atoms with E-state index in [9.17, 15) is 14.0 Å². The van der Waals surface area contributed by atoms with Crippen LogP contribution < -0.4 is 11.1 Å². The van der Waals surface area contributed by atoms with Crippen molar-refractivity contribution in [3.63, 3.8) is 0 Å². The lowest BCUT2D eigenvalue weighted by atomic mass is 9.96. The van der Waals surface area contributed by atoms with E-state index >= 15 is 0 Å². The number of halogens is 1. The smallest absolute Gasteiger partial charge is 0.338 e. The summed E-state index contributed by atoms with van der Waals surface area (Å²) in [4.78, 5) is 29.2. The van der Waals surface area contributed by atoms with Crippen LogP contribution in [0.1, 0.15) is 27.4 Å². The molecule has 0 radical (unpaired) electrons. The highest BCUT2D eigenvalue weighted by Crippen LogP contribution is 2.23. The molecule has 0 aliphatic rings. The van der Waals surface area contributed by atoms with Crippen LogP contribution in [0.5, 0.6) is 0 Å². The number of pyridine rings is 1. The minimum absolute atomic E-state index is 0.0178. The van der Waals surface area contributed by atoms with Gasteiger partial charge in [-0.1, -0.05) is 30.3 Å². The van der Waals surface area contributed by atoms with E-state index in [4.69, 9.17) is 10.5 Å². The molecule has 0 spiro atoms. The van der Waals surface area contributed by atoms with Crippen molar-refractivity contribution in [2.75, 3.05) is 11.9 Å². The van der Waals surface area contributed by atoms with Crippen LogP contribution in [-0.2, 0) is 16.1 Å².